The summed E-state index contributed by atoms with van der Waals surface area (Å²) < 4.78 is 11.9. The zero-order chi connectivity index (χ0) is 21.6. The van der Waals surface area contributed by atoms with Crippen molar-refractivity contribution in [3.8, 4) is 0 Å². The van der Waals surface area contributed by atoms with Crippen molar-refractivity contribution in [3.05, 3.63) is 35.4 Å². The van der Waals surface area contributed by atoms with E-state index in [1.165, 1.54) is 30.6 Å². The lowest BCUT2D eigenvalue weighted by Crippen LogP contribution is -2.53. The molecule has 0 aliphatic carbocycles. The molecule has 6 nitrogen and oxygen atoms in total. The van der Waals surface area contributed by atoms with E-state index in [9.17, 15) is 0 Å². The van der Waals surface area contributed by atoms with Crippen LogP contribution in [0.3, 0.4) is 0 Å². The topological polar surface area (TPSA) is 49.3 Å². The Hall–Kier alpha value is -1.63. The molecule has 3 fully saturated rings. The molecule has 4 atom stereocenters. The third-order valence-corrected chi connectivity index (χ3v) is 6.88. The summed E-state index contributed by atoms with van der Waals surface area (Å²) in [5.74, 6) is 2.53. The van der Waals surface area contributed by atoms with E-state index in [-0.39, 0.29) is 12.2 Å². The fourth-order valence-electron chi connectivity index (χ4n) is 5.54. The van der Waals surface area contributed by atoms with E-state index in [4.69, 9.17) is 9.47 Å². The van der Waals surface area contributed by atoms with Crippen LogP contribution >= 0.6 is 0 Å². The molecule has 0 saturated carbocycles. The van der Waals surface area contributed by atoms with Gasteiger partial charge in [0, 0.05) is 52.9 Å². The minimum atomic E-state index is 0.144. The highest BCUT2D eigenvalue weighted by atomic mass is 16.5. The van der Waals surface area contributed by atoms with E-state index in [1.54, 1.807) is 0 Å². The standard InChI is InChI=1S/C25H40N4O2/c1-19-13-20(2)16-28(15-19)17-22-8-5-4-7-21(22)14-27-25(26-3)29-10-12-31-24(18-29)23-9-6-11-30-23/h4-5,7-8,19-20,23-24H,6,9-18H2,1-3H3,(H,26,27). The number of guanidine groups is 1. The Morgan fingerprint density at radius 2 is 1.77 bits per heavy atom. The summed E-state index contributed by atoms with van der Waals surface area (Å²) in [7, 11) is 1.88. The Morgan fingerprint density at radius 1 is 1.03 bits per heavy atom. The third-order valence-electron chi connectivity index (χ3n) is 6.88. The first-order valence-corrected chi connectivity index (χ1v) is 12.1. The molecule has 172 valence electrons. The van der Waals surface area contributed by atoms with Gasteiger partial charge in [0.25, 0.3) is 0 Å². The molecular weight excluding hydrogens is 388 g/mol. The summed E-state index contributed by atoms with van der Waals surface area (Å²) in [4.78, 5) is 9.53. The summed E-state index contributed by atoms with van der Waals surface area (Å²) in [6.45, 7) is 12.3. The molecular formula is C25H40N4O2. The SMILES string of the molecule is CN=C(NCc1ccccc1CN1CC(C)CC(C)C1)N1CCOC(C2CCCO2)C1. The molecule has 3 aliphatic rings. The molecule has 0 aromatic heterocycles. The number of likely N-dealkylation sites (tertiary alicyclic amines) is 1. The van der Waals surface area contributed by atoms with Crippen LogP contribution in [0, 0.1) is 11.8 Å². The summed E-state index contributed by atoms with van der Waals surface area (Å²) in [5, 5.41) is 3.62. The van der Waals surface area contributed by atoms with Crippen LogP contribution in [0.25, 0.3) is 0 Å². The number of piperidine rings is 1. The molecule has 3 heterocycles. The molecule has 1 N–H and O–H groups in total. The number of morpholine rings is 1. The van der Waals surface area contributed by atoms with Crippen molar-refractivity contribution in [2.24, 2.45) is 16.8 Å². The first-order valence-electron chi connectivity index (χ1n) is 12.1. The number of benzene rings is 1. The molecule has 0 amide bonds. The van der Waals surface area contributed by atoms with E-state index in [2.05, 4.69) is 58.2 Å². The summed E-state index contributed by atoms with van der Waals surface area (Å²) in [5.41, 5.74) is 2.78. The Kier molecular flexibility index (Phi) is 7.86. The molecule has 0 radical (unpaired) electrons. The summed E-state index contributed by atoms with van der Waals surface area (Å²) >= 11 is 0. The molecule has 0 spiro atoms. The van der Waals surface area contributed by atoms with E-state index >= 15 is 0 Å². The number of hydrogen-bond acceptors (Lipinski definition) is 4. The maximum Gasteiger partial charge on any atom is 0.194 e. The van der Waals surface area contributed by atoms with Gasteiger partial charge in [0.05, 0.1) is 12.7 Å². The van der Waals surface area contributed by atoms with Crippen LogP contribution in [0.5, 0.6) is 0 Å². The highest BCUT2D eigenvalue weighted by molar-refractivity contribution is 5.80. The largest absolute Gasteiger partial charge is 0.375 e. The van der Waals surface area contributed by atoms with Crippen LogP contribution in [-0.2, 0) is 22.6 Å². The molecule has 3 aliphatic heterocycles. The van der Waals surface area contributed by atoms with Crippen molar-refractivity contribution in [1.82, 2.24) is 15.1 Å². The second kappa shape index (κ2) is 10.8. The molecule has 4 rings (SSSR count). The van der Waals surface area contributed by atoms with Crippen LogP contribution in [0.2, 0.25) is 0 Å². The van der Waals surface area contributed by atoms with Gasteiger partial charge in [-0.1, -0.05) is 38.1 Å². The fraction of sp³-hybridized carbons (Fsp3) is 0.720. The second-order valence-corrected chi connectivity index (χ2v) is 9.72. The molecule has 1 aromatic rings. The number of aliphatic imine (C=N–C) groups is 1. The van der Waals surface area contributed by atoms with Crippen LogP contribution in [0.1, 0.15) is 44.2 Å². The third kappa shape index (κ3) is 5.99. The minimum absolute atomic E-state index is 0.144. The molecule has 3 saturated heterocycles. The van der Waals surface area contributed by atoms with E-state index in [0.717, 1.165) is 70.0 Å². The van der Waals surface area contributed by atoms with E-state index < -0.39 is 0 Å². The minimum Gasteiger partial charge on any atom is -0.375 e. The number of nitrogens with zero attached hydrogens (tertiary/aromatic N) is 3. The van der Waals surface area contributed by atoms with E-state index in [1.807, 2.05) is 7.05 Å². The van der Waals surface area contributed by atoms with Gasteiger partial charge in [0.2, 0.25) is 0 Å². The van der Waals surface area contributed by atoms with E-state index in [0.29, 0.717) is 0 Å². The van der Waals surface area contributed by atoms with Gasteiger partial charge in [0.1, 0.15) is 6.10 Å². The Balaban J connectivity index is 1.35. The van der Waals surface area contributed by atoms with Crippen molar-refractivity contribution >= 4 is 5.96 Å². The summed E-state index contributed by atoms with van der Waals surface area (Å²) in [6, 6.07) is 8.85. The van der Waals surface area contributed by atoms with Gasteiger partial charge < -0.3 is 19.7 Å². The van der Waals surface area contributed by atoms with Gasteiger partial charge in [-0.05, 0) is 42.2 Å². The van der Waals surface area contributed by atoms with Gasteiger partial charge in [-0.3, -0.25) is 9.89 Å². The van der Waals surface area contributed by atoms with Crippen LogP contribution in [-0.4, -0.2) is 74.4 Å². The maximum atomic E-state index is 6.02. The smallest absolute Gasteiger partial charge is 0.194 e. The normalized spacial score (nSPS) is 30.5. The monoisotopic (exact) mass is 428 g/mol. The van der Waals surface area contributed by atoms with Crippen LogP contribution < -0.4 is 5.32 Å². The highest BCUT2D eigenvalue weighted by Crippen LogP contribution is 2.24. The summed E-state index contributed by atoms with van der Waals surface area (Å²) in [6.07, 6.45) is 3.97. The molecule has 31 heavy (non-hydrogen) atoms. The van der Waals surface area contributed by atoms with Crippen LogP contribution in [0.15, 0.2) is 29.3 Å². The quantitative estimate of drug-likeness (QED) is 0.577. The number of ether oxygens (including phenoxy) is 2. The lowest BCUT2D eigenvalue weighted by Gasteiger charge is -2.37. The molecule has 0 bridgehead atoms. The second-order valence-electron chi connectivity index (χ2n) is 9.72. The van der Waals surface area contributed by atoms with Crippen molar-refractivity contribution in [2.45, 2.75) is 58.4 Å². The van der Waals surface area contributed by atoms with Gasteiger partial charge in [-0.2, -0.15) is 0 Å². The van der Waals surface area contributed by atoms with Gasteiger partial charge in [-0.25, -0.2) is 0 Å². The van der Waals surface area contributed by atoms with Crippen LogP contribution in [0.4, 0.5) is 0 Å². The zero-order valence-electron chi connectivity index (χ0n) is 19.6. The predicted molar refractivity (Wildman–Crippen MR) is 125 cm³/mol. The Morgan fingerprint density at radius 3 is 2.48 bits per heavy atom. The number of rotatable bonds is 5. The maximum absolute atomic E-state index is 6.02. The van der Waals surface area contributed by atoms with Gasteiger partial charge in [-0.15, -0.1) is 0 Å². The lowest BCUT2D eigenvalue weighted by atomic mass is 9.91. The van der Waals surface area contributed by atoms with Crippen molar-refractivity contribution in [1.29, 1.82) is 0 Å². The number of nitrogens with one attached hydrogen (secondary N) is 1. The van der Waals surface area contributed by atoms with Crippen molar-refractivity contribution in [2.75, 3.05) is 46.4 Å². The average Bonchev–Trinajstić information content (AvgIpc) is 3.30. The van der Waals surface area contributed by atoms with Gasteiger partial charge in [0.15, 0.2) is 5.96 Å². The predicted octanol–water partition coefficient (Wildman–Crippen LogP) is 3.12. The first kappa shape index (κ1) is 22.6. The average molecular weight is 429 g/mol. The van der Waals surface area contributed by atoms with Crippen molar-refractivity contribution < 1.29 is 9.47 Å². The Labute approximate surface area is 188 Å². The lowest BCUT2D eigenvalue weighted by molar-refractivity contribution is -0.0817. The highest BCUT2D eigenvalue weighted by Gasteiger charge is 2.32. The molecule has 1 aromatic carbocycles. The first-order chi connectivity index (χ1) is 15.1. The molecule has 6 heteroatoms. The molecule has 4 unspecified atom stereocenters. The zero-order valence-corrected chi connectivity index (χ0v) is 19.6. The fourth-order valence-corrected chi connectivity index (χ4v) is 5.54. The van der Waals surface area contributed by atoms with Crippen molar-refractivity contribution in [3.63, 3.8) is 0 Å². The van der Waals surface area contributed by atoms with Gasteiger partial charge >= 0.3 is 0 Å². The Bertz CT molecular complexity index is 724. The number of hydrogen-bond donors (Lipinski definition) is 1.